The predicted octanol–water partition coefficient (Wildman–Crippen LogP) is 5.80. The first kappa shape index (κ1) is 29.4. The van der Waals surface area contributed by atoms with Crippen LogP contribution < -0.4 is 9.47 Å². The molecule has 214 valence electrons. The van der Waals surface area contributed by atoms with Crippen LogP contribution in [0.25, 0.3) is 5.76 Å². The number of ether oxygens (including phenoxy) is 3. The largest absolute Gasteiger partial charge is 0.507 e. The average Bonchev–Trinajstić information content (AvgIpc) is 3.21. The van der Waals surface area contributed by atoms with Gasteiger partial charge in [0, 0.05) is 17.7 Å². The maximum absolute atomic E-state index is 13.6. The van der Waals surface area contributed by atoms with Gasteiger partial charge in [-0.3, -0.25) is 9.59 Å². The number of hydrogen-bond donors (Lipinski definition) is 1. The molecule has 41 heavy (non-hydrogen) atoms. The summed E-state index contributed by atoms with van der Waals surface area (Å²) in [5.74, 6) is -1.03. The molecular weight excluding hydrogens is 522 g/mol. The summed E-state index contributed by atoms with van der Waals surface area (Å²) in [6.45, 7) is 8.57. The average molecular weight is 558 g/mol. The summed E-state index contributed by atoms with van der Waals surface area (Å²) in [6, 6.07) is 18.1. The summed E-state index contributed by atoms with van der Waals surface area (Å²) >= 11 is 0. The number of methoxy groups -OCH3 is 2. The molecule has 0 aliphatic carbocycles. The molecule has 0 saturated carbocycles. The van der Waals surface area contributed by atoms with Crippen LogP contribution in [-0.2, 0) is 26.3 Å². The molecule has 1 fully saturated rings. The number of amides is 1. The standard InChI is InChI=1S/C33H35NO7/c1-7-41-26-16-15-23(18-25(26)33(2,3)4)29(35)27-28(22-9-8-10-24(17-22)39-5)34(31(37)30(27)36)19-20-11-13-21(14-12-20)32(38)40-6/h8-18,28,35H,7,19H2,1-6H3/b29-27-. The number of hydrogen-bond acceptors (Lipinski definition) is 7. The van der Waals surface area contributed by atoms with Gasteiger partial charge in [0.15, 0.2) is 0 Å². The molecule has 0 bridgehead atoms. The Balaban J connectivity index is 1.85. The highest BCUT2D eigenvalue weighted by Crippen LogP contribution is 2.42. The van der Waals surface area contributed by atoms with E-state index in [1.807, 2.05) is 33.8 Å². The molecule has 0 spiro atoms. The van der Waals surface area contributed by atoms with Crippen molar-refractivity contribution in [2.24, 2.45) is 0 Å². The third kappa shape index (κ3) is 5.96. The molecule has 3 aromatic rings. The van der Waals surface area contributed by atoms with Gasteiger partial charge in [-0.1, -0.05) is 45.0 Å². The Hall–Kier alpha value is -4.59. The van der Waals surface area contributed by atoms with Gasteiger partial charge in [-0.15, -0.1) is 0 Å². The summed E-state index contributed by atoms with van der Waals surface area (Å²) < 4.78 is 16.0. The van der Waals surface area contributed by atoms with Crippen LogP contribution in [0.1, 0.15) is 66.3 Å². The number of aliphatic hydroxyl groups is 1. The molecule has 8 nitrogen and oxygen atoms in total. The van der Waals surface area contributed by atoms with Gasteiger partial charge in [0.1, 0.15) is 17.3 Å². The number of rotatable bonds is 8. The van der Waals surface area contributed by atoms with E-state index in [9.17, 15) is 19.5 Å². The monoisotopic (exact) mass is 557 g/mol. The van der Waals surface area contributed by atoms with Gasteiger partial charge in [-0.25, -0.2) is 4.79 Å². The number of benzene rings is 3. The third-order valence-corrected chi connectivity index (χ3v) is 7.04. The second-order valence-electron chi connectivity index (χ2n) is 10.8. The minimum absolute atomic E-state index is 0.0153. The molecule has 4 rings (SSSR count). The Bertz CT molecular complexity index is 1500. The van der Waals surface area contributed by atoms with Crippen molar-refractivity contribution in [2.45, 2.75) is 45.7 Å². The predicted molar refractivity (Wildman–Crippen MR) is 155 cm³/mol. The van der Waals surface area contributed by atoms with Gasteiger partial charge < -0.3 is 24.2 Å². The summed E-state index contributed by atoms with van der Waals surface area (Å²) in [5.41, 5.74) is 2.62. The Labute approximate surface area is 240 Å². The minimum atomic E-state index is -0.880. The number of carbonyl (C=O) groups excluding carboxylic acids is 3. The summed E-state index contributed by atoms with van der Waals surface area (Å²) in [7, 11) is 2.84. The fourth-order valence-electron chi connectivity index (χ4n) is 4.96. The highest BCUT2D eigenvalue weighted by Gasteiger charge is 2.46. The lowest BCUT2D eigenvalue weighted by Crippen LogP contribution is -2.29. The lowest BCUT2D eigenvalue weighted by Gasteiger charge is -2.26. The van der Waals surface area contributed by atoms with Crippen molar-refractivity contribution in [3.63, 3.8) is 0 Å². The van der Waals surface area contributed by atoms with Gasteiger partial charge in [0.25, 0.3) is 11.7 Å². The quantitative estimate of drug-likeness (QED) is 0.162. The van der Waals surface area contributed by atoms with Gasteiger partial charge >= 0.3 is 5.97 Å². The molecule has 3 aromatic carbocycles. The maximum Gasteiger partial charge on any atom is 0.337 e. The smallest absolute Gasteiger partial charge is 0.337 e. The van der Waals surface area contributed by atoms with E-state index in [2.05, 4.69) is 0 Å². The van der Waals surface area contributed by atoms with E-state index < -0.39 is 23.7 Å². The Morgan fingerprint density at radius 2 is 1.63 bits per heavy atom. The molecule has 1 heterocycles. The van der Waals surface area contributed by atoms with E-state index in [-0.39, 0.29) is 23.3 Å². The highest BCUT2D eigenvalue weighted by molar-refractivity contribution is 6.46. The summed E-state index contributed by atoms with van der Waals surface area (Å²) in [4.78, 5) is 40.4. The molecule has 1 saturated heterocycles. The first-order valence-electron chi connectivity index (χ1n) is 13.4. The Morgan fingerprint density at radius 3 is 2.24 bits per heavy atom. The van der Waals surface area contributed by atoms with E-state index in [4.69, 9.17) is 14.2 Å². The van der Waals surface area contributed by atoms with Crippen LogP contribution in [0.15, 0.2) is 72.3 Å². The number of carbonyl (C=O) groups is 3. The molecule has 0 aromatic heterocycles. The third-order valence-electron chi connectivity index (χ3n) is 7.04. The lowest BCUT2D eigenvalue weighted by atomic mass is 9.84. The zero-order valence-electron chi connectivity index (χ0n) is 24.2. The number of nitrogens with zero attached hydrogens (tertiary/aromatic N) is 1. The van der Waals surface area contributed by atoms with Crippen LogP contribution in [0, 0.1) is 0 Å². The Kier molecular flexibility index (Phi) is 8.52. The van der Waals surface area contributed by atoms with E-state index in [0.717, 1.165) is 5.56 Å². The Morgan fingerprint density at radius 1 is 0.951 bits per heavy atom. The molecule has 1 amide bonds. The van der Waals surface area contributed by atoms with Crippen LogP contribution in [-0.4, -0.2) is 48.5 Å². The minimum Gasteiger partial charge on any atom is -0.507 e. The highest BCUT2D eigenvalue weighted by atomic mass is 16.5. The van der Waals surface area contributed by atoms with Crippen LogP contribution in [0.2, 0.25) is 0 Å². The van der Waals surface area contributed by atoms with Crippen LogP contribution in [0.3, 0.4) is 0 Å². The molecule has 0 radical (unpaired) electrons. The first-order valence-corrected chi connectivity index (χ1v) is 13.4. The van der Waals surface area contributed by atoms with Crippen LogP contribution >= 0.6 is 0 Å². The van der Waals surface area contributed by atoms with Crippen molar-refractivity contribution in [3.8, 4) is 11.5 Å². The van der Waals surface area contributed by atoms with E-state index >= 15 is 0 Å². The van der Waals surface area contributed by atoms with Gasteiger partial charge in [-0.2, -0.15) is 0 Å². The van der Waals surface area contributed by atoms with Crippen molar-refractivity contribution in [1.82, 2.24) is 4.90 Å². The zero-order chi connectivity index (χ0) is 29.9. The molecule has 1 aliphatic rings. The van der Waals surface area contributed by atoms with Crippen molar-refractivity contribution < 1.29 is 33.7 Å². The van der Waals surface area contributed by atoms with E-state index in [0.29, 0.717) is 40.4 Å². The lowest BCUT2D eigenvalue weighted by molar-refractivity contribution is -0.140. The number of ketones is 1. The molecule has 1 unspecified atom stereocenters. The van der Waals surface area contributed by atoms with Crippen molar-refractivity contribution in [1.29, 1.82) is 0 Å². The summed E-state index contributed by atoms with van der Waals surface area (Å²) in [6.07, 6.45) is 0. The number of Topliss-reactive ketones (excluding diaryl/α,β-unsaturated/α-hetero) is 1. The van der Waals surface area contributed by atoms with Crippen molar-refractivity contribution >= 4 is 23.4 Å². The van der Waals surface area contributed by atoms with Gasteiger partial charge in [0.05, 0.1) is 38.0 Å². The number of aliphatic hydroxyl groups excluding tert-OH is 1. The zero-order valence-corrected chi connectivity index (χ0v) is 24.2. The molecule has 1 atom stereocenters. The molecule has 1 N–H and O–H groups in total. The molecular formula is C33H35NO7. The van der Waals surface area contributed by atoms with Crippen LogP contribution in [0.4, 0.5) is 0 Å². The topological polar surface area (TPSA) is 102 Å². The van der Waals surface area contributed by atoms with E-state index in [1.165, 1.54) is 19.1 Å². The second-order valence-corrected chi connectivity index (χ2v) is 10.8. The normalized spacial score (nSPS) is 16.5. The number of esters is 1. The second kappa shape index (κ2) is 11.9. The first-order chi connectivity index (χ1) is 19.5. The fraction of sp³-hybridized carbons (Fsp3) is 0.303. The van der Waals surface area contributed by atoms with Gasteiger partial charge in [-0.05, 0) is 65.9 Å². The van der Waals surface area contributed by atoms with Crippen LogP contribution in [0.5, 0.6) is 11.5 Å². The van der Waals surface area contributed by atoms with Crippen molar-refractivity contribution in [3.05, 3.63) is 100 Å². The maximum atomic E-state index is 13.6. The molecule has 1 aliphatic heterocycles. The molecule has 8 heteroatoms. The van der Waals surface area contributed by atoms with Crippen molar-refractivity contribution in [2.75, 3.05) is 20.8 Å². The van der Waals surface area contributed by atoms with Gasteiger partial charge in [0.2, 0.25) is 0 Å². The fourth-order valence-corrected chi connectivity index (χ4v) is 4.96. The van der Waals surface area contributed by atoms with E-state index in [1.54, 1.807) is 60.7 Å². The number of likely N-dealkylation sites (tertiary alicyclic amines) is 1. The SMILES string of the molecule is CCOc1ccc(/C(O)=C2/C(=O)C(=O)N(Cc3ccc(C(=O)OC)cc3)C2c2cccc(OC)c2)cc1C(C)(C)C. The summed E-state index contributed by atoms with van der Waals surface area (Å²) in [5, 5.41) is 11.6.